The van der Waals surface area contributed by atoms with Crippen molar-refractivity contribution in [3.8, 4) is 0 Å². The van der Waals surface area contributed by atoms with E-state index in [0.29, 0.717) is 6.54 Å². The summed E-state index contributed by atoms with van der Waals surface area (Å²) in [5.41, 5.74) is 5.64. The lowest BCUT2D eigenvalue weighted by Gasteiger charge is -2.18. The van der Waals surface area contributed by atoms with Crippen molar-refractivity contribution >= 4 is 5.91 Å². The molecular formula is C10H20N2O2. The number of hydrogen-bond donors (Lipinski definition) is 3. The van der Waals surface area contributed by atoms with E-state index < -0.39 is 6.04 Å². The Morgan fingerprint density at radius 1 is 1.57 bits per heavy atom. The fraction of sp³-hybridized carbons (Fsp3) is 0.900. The Balaban J connectivity index is 2.28. The average Bonchev–Trinajstić information content (AvgIpc) is 2.93. The Morgan fingerprint density at radius 2 is 2.14 bits per heavy atom. The van der Waals surface area contributed by atoms with Gasteiger partial charge < -0.3 is 16.2 Å². The molecule has 0 aromatic rings. The monoisotopic (exact) mass is 200 g/mol. The lowest BCUT2D eigenvalue weighted by Crippen LogP contribution is -2.46. The van der Waals surface area contributed by atoms with Gasteiger partial charge in [0.1, 0.15) is 0 Å². The standard InChI is InChI=1S/C10H20N2O2/c1-7(2)8(11)9(14)12-5-10(6-13)3-4-10/h7-8,13H,3-6,11H2,1-2H3,(H,12,14). The van der Waals surface area contributed by atoms with E-state index in [-0.39, 0.29) is 23.8 Å². The molecular weight excluding hydrogens is 180 g/mol. The zero-order chi connectivity index (χ0) is 10.8. The smallest absolute Gasteiger partial charge is 0.237 e. The van der Waals surface area contributed by atoms with Crippen LogP contribution in [-0.4, -0.2) is 30.2 Å². The summed E-state index contributed by atoms with van der Waals surface area (Å²) in [6.07, 6.45) is 2.00. The molecule has 0 saturated heterocycles. The van der Waals surface area contributed by atoms with Crippen molar-refractivity contribution in [2.75, 3.05) is 13.2 Å². The molecule has 14 heavy (non-hydrogen) atoms. The molecule has 1 rings (SSSR count). The topological polar surface area (TPSA) is 75.4 Å². The highest BCUT2D eigenvalue weighted by atomic mass is 16.3. The normalized spacial score (nSPS) is 20.6. The van der Waals surface area contributed by atoms with Gasteiger partial charge in [0.2, 0.25) is 5.91 Å². The van der Waals surface area contributed by atoms with Crippen LogP contribution in [0.25, 0.3) is 0 Å². The second kappa shape index (κ2) is 4.28. The van der Waals surface area contributed by atoms with E-state index in [1.807, 2.05) is 13.8 Å². The molecule has 0 aromatic heterocycles. The summed E-state index contributed by atoms with van der Waals surface area (Å²) in [6, 6.07) is -0.440. The van der Waals surface area contributed by atoms with Crippen molar-refractivity contribution in [3.05, 3.63) is 0 Å². The van der Waals surface area contributed by atoms with Crippen LogP contribution in [-0.2, 0) is 4.79 Å². The minimum atomic E-state index is -0.440. The molecule has 0 aliphatic heterocycles. The molecule has 1 unspecified atom stereocenters. The molecule has 0 heterocycles. The number of aliphatic hydroxyl groups excluding tert-OH is 1. The molecule has 1 atom stereocenters. The molecule has 4 heteroatoms. The number of nitrogens with one attached hydrogen (secondary N) is 1. The maximum absolute atomic E-state index is 11.5. The third-order valence-corrected chi connectivity index (χ3v) is 2.95. The van der Waals surface area contributed by atoms with Crippen molar-refractivity contribution in [1.29, 1.82) is 0 Å². The van der Waals surface area contributed by atoms with Crippen molar-refractivity contribution in [2.24, 2.45) is 17.1 Å². The third kappa shape index (κ3) is 2.69. The van der Waals surface area contributed by atoms with Crippen LogP contribution in [0.2, 0.25) is 0 Å². The summed E-state index contributed by atoms with van der Waals surface area (Å²) in [6.45, 7) is 4.55. The van der Waals surface area contributed by atoms with Crippen LogP contribution < -0.4 is 11.1 Å². The van der Waals surface area contributed by atoms with E-state index in [9.17, 15) is 4.79 Å². The van der Waals surface area contributed by atoms with Gasteiger partial charge in [-0.05, 0) is 18.8 Å². The van der Waals surface area contributed by atoms with Gasteiger partial charge in [0, 0.05) is 12.0 Å². The number of aliphatic hydroxyl groups is 1. The van der Waals surface area contributed by atoms with E-state index >= 15 is 0 Å². The molecule has 4 N–H and O–H groups in total. The zero-order valence-corrected chi connectivity index (χ0v) is 8.92. The van der Waals surface area contributed by atoms with Gasteiger partial charge in [-0.1, -0.05) is 13.8 Å². The first-order chi connectivity index (χ1) is 6.51. The molecule has 82 valence electrons. The van der Waals surface area contributed by atoms with Crippen molar-refractivity contribution < 1.29 is 9.90 Å². The van der Waals surface area contributed by atoms with E-state index in [1.54, 1.807) is 0 Å². The average molecular weight is 200 g/mol. The Hall–Kier alpha value is -0.610. The zero-order valence-electron chi connectivity index (χ0n) is 8.92. The first kappa shape index (κ1) is 11.5. The van der Waals surface area contributed by atoms with Crippen LogP contribution >= 0.6 is 0 Å². The second-order valence-corrected chi connectivity index (χ2v) is 4.65. The molecule has 1 saturated carbocycles. The number of carbonyl (C=O) groups excluding carboxylic acids is 1. The minimum Gasteiger partial charge on any atom is -0.396 e. The van der Waals surface area contributed by atoms with Crippen LogP contribution in [0.4, 0.5) is 0 Å². The molecule has 0 spiro atoms. The maximum atomic E-state index is 11.5. The molecule has 0 radical (unpaired) electrons. The van der Waals surface area contributed by atoms with E-state index in [4.69, 9.17) is 10.8 Å². The maximum Gasteiger partial charge on any atom is 0.237 e. The number of carbonyl (C=O) groups is 1. The summed E-state index contributed by atoms with van der Waals surface area (Å²) in [5.74, 6) is 0.0407. The fourth-order valence-electron chi connectivity index (χ4n) is 1.26. The van der Waals surface area contributed by atoms with Gasteiger partial charge in [-0.2, -0.15) is 0 Å². The second-order valence-electron chi connectivity index (χ2n) is 4.65. The summed E-state index contributed by atoms with van der Waals surface area (Å²) in [5, 5.41) is 11.8. The molecule has 1 aliphatic carbocycles. The van der Waals surface area contributed by atoms with Crippen LogP contribution in [0.3, 0.4) is 0 Å². The first-order valence-electron chi connectivity index (χ1n) is 5.15. The molecule has 1 fully saturated rings. The minimum absolute atomic E-state index is 0.0354. The Bertz CT molecular complexity index is 212. The van der Waals surface area contributed by atoms with Crippen LogP contribution in [0, 0.1) is 11.3 Å². The molecule has 4 nitrogen and oxygen atoms in total. The Morgan fingerprint density at radius 3 is 2.50 bits per heavy atom. The van der Waals surface area contributed by atoms with Gasteiger partial charge in [0.25, 0.3) is 0 Å². The Labute approximate surface area is 84.9 Å². The van der Waals surface area contributed by atoms with Crippen LogP contribution in [0.1, 0.15) is 26.7 Å². The summed E-state index contributed by atoms with van der Waals surface area (Å²) in [7, 11) is 0. The lowest BCUT2D eigenvalue weighted by atomic mass is 10.0. The van der Waals surface area contributed by atoms with Gasteiger partial charge in [0.05, 0.1) is 12.6 Å². The van der Waals surface area contributed by atoms with E-state index in [0.717, 1.165) is 12.8 Å². The highest BCUT2D eigenvalue weighted by Gasteiger charge is 2.42. The van der Waals surface area contributed by atoms with Gasteiger partial charge in [0.15, 0.2) is 0 Å². The predicted molar refractivity (Wildman–Crippen MR) is 54.6 cm³/mol. The first-order valence-corrected chi connectivity index (χ1v) is 5.15. The van der Waals surface area contributed by atoms with Crippen molar-refractivity contribution in [2.45, 2.75) is 32.7 Å². The van der Waals surface area contributed by atoms with E-state index in [2.05, 4.69) is 5.32 Å². The van der Waals surface area contributed by atoms with Gasteiger partial charge in [-0.25, -0.2) is 0 Å². The fourth-order valence-corrected chi connectivity index (χ4v) is 1.26. The van der Waals surface area contributed by atoms with Crippen molar-refractivity contribution in [1.82, 2.24) is 5.32 Å². The SMILES string of the molecule is CC(C)C(N)C(=O)NCC1(CO)CC1. The quantitative estimate of drug-likeness (QED) is 0.578. The molecule has 1 amide bonds. The van der Waals surface area contributed by atoms with Gasteiger partial charge in [-0.3, -0.25) is 4.79 Å². The van der Waals surface area contributed by atoms with Gasteiger partial charge >= 0.3 is 0 Å². The summed E-state index contributed by atoms with van der Waals surface area (Å²) in [4.78, 5) is 11.5. The third-order valence-electron chi connectivity index (χ3n) is 2.95. The number of hydrogen-bond acceptors (Lipinski definition) is 3. The summed E-state index contributed by atoms with van der Waals surface area (Å²) >= 11 is 0. The number of rotatable bonds is 5. The van der Waals surface area contributed by atoms with Gasteiger partial charge in [-0.15, -0.1) is 0 Å². The van der Waals surface area contributed by atoms with Crippen LogP contribution in [0.15, 0.2) is 0 Å². The number of nitrogens with two attached hydrogens (primary N) is 1. The largest absolute Gasteiger partial charge is 0.396 e. The molecule has 1 aliphatic rings. The van der Waals surface area contributed by atoms with Crippen LogP contribution in [0.5, 0.6) is 0 Å². The highest BCUT2D eigenvalue weighted by Crippen LogP contribution is 2.44. The molecule has 0 bridgehead atoms. The Kier molecular flexibility index (Phi) is 3.50. The van der Waals surface area contributed by atoms with Crippen molar-refractivity contribution in [3.63, 3.8) is 0 Å². The predicted octanol–water partition coefficient (Wildman–Crippen LogP) is -0.142. The number of amides is 1. The summed E-state index contributed by atoms with van der Waals surface area (Å²) < 4.78 is 0. The van der Waals surface area contributed by atoms with E-state index in [1.165, 1.54) is 0 Å². The highest BCUT2D eigenvalue weighted by molar-refractivity contribution is 5.81. The molecule has 0 aromatic carbocycles. The lowest BCUT2D eigenvalue weighted by molar-refractivity contribution is -0.123.